The van der Waals surface area contributed by atoms with E-state index in [4.69, 9.17) is 0 Å². The van der Waals surface area contributed by atoms with Crippen molar-refractivity contribution in [1.29, 1.82) is 0 Å². The number of hydrogen-bond acceptors (Lipinski definition) is 3. The lowest BCUT2D eigenvalue weighted by molar-refractivity contribution is -0.124. The molecule has 0 saturated carbocycles. The minimum atomic E-state index is -3.72. The summed E-state index contributed by atoms with van der Waals surface area (Å²) in [6.07, 6.45) is 1.13. The number of rotatable bonds is 5. The summed E-state index contributed by atoms with van der Waals surface area (Å²) in [5, 5.41) is 2.76. The Labute approximate surface area is 152 Å². The van der Waals surface area contributed by atoms with Gasteiger partial charge < -0.3 is 5.32 Å². The molecule has 26 heavy (non-hydrogen) atoms. The summed E-state index contributed by atoms with van der Waals surface area (Å²) in [6.45, 7) is 2.44. The van der Waals surface area contributed by atoms with E-state index in [0.29, 0.717) is 19.4 Å². The second kappa shape index (κ2) is 7.55. The molecule has 5 nitrogen and oxygen atoms in total. The van der Waals surface area contributed by atoms with E-state index in [2.05, 4.69) is 5.32 Å². The van der Waals surface area contributed by atoms with E-state index in [1.54, 1.807) is 36.4 Å². The second-order valence-corrected chi connectivity index (χ2v) is 8.32. The maximum atomic E-state index is 12.9. The van der Waals surface area contributed by atoms with Gasteiger partial charge in [-0.3, -0.25) is 4.79 Å². The monoisotopic (exact) mass is 376 g/mol. The first kappa shape index (κ1) is 18.5. The molecule has 0 aliphatic carbocycles. The van der Waals surface area contributed by atoms with Crippen molar-refractivity contribution in [3.8, 4) is 0 Å². The first-order valence-corrected chi connectivity index (χ1v) is 9.92. The summed E-state index contributed by atoms with van der Waals surface area (Å²) < 4.78 is 40.0. The quantitative estimate of drug-likeness (QED) is 0.872. The third-order valence-corrected chi connectivity index (χ3v) is 6.44. The van der Waals surface area contributed by atoms with Crippen molar-refractivity contribution < 1.29 is 17.6 Å². The summed E-state index contributed by atoms with van der Waals surface area (Å²) in [5.41, 5.74) is 1.73. The molecule has 1 atom stereocenters. The predicted molar refractivity (Wildman–Crippen MR) is 96.3 cm³/mol. The largest absolute Gasteiger partial charge is 0.351 e. The molecule has 0 spiro atoms. The fraction of sp³-hybridized carbons (Fsp3) is 0.316. The molecule has 0 aromatic heterocycles. The number of carbonyl (C=O) groups is 1. The minimum Gasteiger partial charge on any atom is -0.351 e. The molecule has 1 saturated heterocycles. The number of halogens is 1. The first-order chi connectivity index (χ1) is 12.4. The highest BCUT2D eigenvalue weighted by atomic mass is 32.2. The number of sulfonamides is 1. The minimum absolute atomic E-state index is 0.196. The molecule has 1 N–H and O–H groups in total. The average Bonchev–Trinajstić information content (AvgIpc) is 3.12. The van der Waals surface area contributed by atoms with Crippen molar-refractivity contribution in [3.63, 3.8) is 0 Å². The number of aryl methyl sites for hydroxylation is 1. The molecule has 138 valence electrons. The van der Waals surface area contributed by atoms with Crippen LogP contribution >= 0.6 is 0 Å². The van der Waals surface area contributed by atoms with Gasteiger partial charge in [0, 0.05) is 13.1 Å². The smallest absolute Gasteiger partial charge is 0.243 e. The van der Waals surface area contributed by atoms with Crippen LogP contribution in [-0.4, -0.2) is 31.2 Å². The first-order valence-electron chi connectivity index (χ1n) is 8.48. The third-order valence-electron chi connectivity index (χ3n) is 4.51. The zero-order valence-corrected chi connectivity index (χ0v) is 15.3. The zero-order chi connectivity index (χ0) is 18.7. The van der Waals surface area contributed by atoms with Gasteiger partial charge in [0.15, 0.2) is 0 Å². The zero-order valence-electron chi connectivity index (χ0n) is 14.5. The van der Waals surface area contributed by atoms with Crippen LogP contribution in [0.15, 0.2) is 53.4 Å². The van der Waals surface area contributed by atoms with Crippen LogP contribution in [0.1, 0.15) is 24.0 Å². The van der Waals surface area contributed by atoms with Gasteiger partial charge in [0.1, 0.15) is 11.9 Å². The van der Waals surface area contributed by atoms with Gasteiger partial charge in [0.05, 0.1) is 4.90 Å². The van der Waals surface area contributed by atoms with Crippen molar-refractivity contribution >= 4 is 15.9 Å². The van der Waals surface area contributed by atoms with Gasteiger partial charge in [-0.15, -0.1) is 0 Å². The van der Waals surface area contributed by atoms with E-state index in [9.17, 15) is 17.6 Å². The average molecular weight is 376 g/mol. The summed E-state index contributed by atoms with van der Waals surface area (Å²) in [6, 6.07) is 11.7. The van der Waals surface area contributed by atoms with Gasteiger partial charge >= 0.3 is 0 Å². The van der Waals surface area contributed by atoms with E-state index in [0.717, 1.165) is 11.1 Å². The van der Waals surface area contributed by atoms with Crippen LogP contribution in [0.2, 0.25) is 0 Å². The molecule has 3 rings (SSSR count). The normalized spacial score (nSPS) is 18.0. The Kier molecular flexibility index (Phi) is 5.38. The number of amides is 1. The van der Waals surface area contributed by atoms with E-state index < -0.39 is 16.1 Å². The topological polar surface area (TPSA) is 66.5 Å². The SMILES string of the molecule is Cc1ccc(S(=O)(=O)N2CCCC2C(=O)NCc2ccc(F)cc2)cc1. The van der Waals surface area contributed by atoms with Crippen molar-refractivity contribution in [1.82, 2.24) is 9.62 Å². The lowest BCUT2D eigenvalue weighted by atomic mass is 10.2. The van der Waals surface area contributed by atoms with Gasteiger partial charge in [-0.1, -0.05) is 29.8 Å². The molecule has 1 unspecified atom stereocenters. The molecule has 1 aliphatic heterocycles. The lowest BCUT2D eigenvalue weighted by Crippen LogP contribution is -2.45. The third kappa shape index (κ3) is 3.94. The number of carbonyl (C=O) groups excluding carboxylic acids is 1. The second-order valence-electron chi connectivity index (χ2n) is 6.43. The molecule has 7 heteroatoms. The van der Waals surface area contributed by atoms with Crippen LogP contribution in [0.25, 0.3) is 0 Å². The van der Waals surface area contributed by atoms with Crippen molar-refractivity contribution in [2.24, 2.45) is 0 Å². The van der Waals surface area contributed by atoms with Crippen LogP contribution in [0, 0.1) is 12.7 Å². The summed E-state index contributed by atoms with van der Waals surface area (Å²) in [7, 11) is -3.72. The standard InChI is InChI=1S/C19H21FN2O3S/c1-14-4-10-17(11-5-14)26(24,25)22-12-2-3-18(22)19(23)21-13-15-6-8-16(20)9-7-15/h4-11,18H,2-3,12-13H2,1H3,(H,21,23). The summed E-state index contributed by atoms with van der Waals surface area (Å²) >= 11 is 0. The molecule has 1 amide bonds. The van der Waals surface area contributed by atoms with Gasteiger partial charge in [-0.05, 0) is 49.6 Å². The number of benzene rings is 2. The van der Waals surface area contributed by atoms with Crippen LogP contribution in [-0.2, 0) is 21.4 Å². The van der Waals surface area contributed by atoms with Crippen LogP contribution in [0.4, 0.5) is 4.39 Å². The Balaban J connectivity index is 1.71. The Morgan fingerprint density at radius 1 is 1.15 bits per heavy atom. The van der Waals surface area contributed by atoms with Crippen LogP contribution < -0.4 is 5.32 Å². The molecule has 1 aliphatic rings. The summed E-state index contributed by atoms with van der Waals surface area (Å²) in [4.78, 5) is 12.7. The maximum Gasteiger partial charge on any atom is 0.243 e. The highest BCUT2D eigenvalue weighted by Crippen LogP contribution is 2.26. The molecule has 0 bridgehead atoms. The molecular weight excluding hydrogens is 355 g/mol. The molecule has 2 aromatic rings. The predicted octanol–water partition coefficient (Wildman–Crippen LogP) is 2.60. The number of nitrogens with one attached hydrogen (secondary N) is 1. The van der Waals surface area contributed by atoms with Crippen LogP contribution in [0.3, 0.4) is 0 Å². The highest BCUT2D eigenvalue weighted by molar-refractivity contribution is 7.89. The Hall–Kier alpha value is -2.25. The van der Waals surface area contributed by atoms with Crippen molar-refractivity contribution in [3.05, 3.63) is 65.5 Å². The molecule has 2 aromatic carbocycles. The number of hydrogen-bond donors (Lipinski definition) is 1. The molecule has 1 heterocycles. The van der Waals surface area contributed by atoms with E-state index >= 15 is 0 Å². The molecular formula is C19H21FN2O3S. The fourth-order valence-corrected chi connectivity index (χ4v) is 4.70. The Morgan fingerprint density at radius 2 is 1.81 bits per heavy atom. The summed E-state index contributed by atoms with van der Waals surface area (Å²) in [5.74, 6) is -0.672. The highest BCUT2D eigenvalue weighted by Gasteiger charge is 2.39. The van der Waals surface area contributed by atoms with Crippen molar-refractivity contribution in [2.45, 2.75) is 37.2 Å². The van der Waals surface area contributed by atoms with Gasteiger partial charge in [0.2, 0.25) is 15.9 Å². The van der Waals surface area contributed by atoms with E-state index in [-0.39, 0.29) is 23.2 Å². The van der Waals surface area contributed by atoms with Gasteiger partial charge in [0.25, 0.3) is 0 Å². The van der Waals surface area contributed by atoms with E-state index in [1.807, 2.05) is 6.92 Å². The van der Waals surface area contributed by atoms with Crippen molar-refractivity contribution in [2.75, 3.05) is 6.54 Å². The van der Waals surface area contributed by atoms with Gasteiger partial charge in [-0.2, -0.15) is 4.31 Å². The Bertz CT molecular complexity index is 880. The van der Waals surface area contributed by atoms with Crippen LogP contribution in [0.5, 0.6) is 0 Å². The van der Waals surface area contributed by atoms with Gasteiger partial charge in [-0.25, -0.2) is 12.8 Å². The fourth-order valence-electron chi connectivity index (χ4n) is 3.04. The lowest BCUT2D eigenvalue weighted by Gasteiger charge is -2.23. The van der Waals surface area contributed by atoms with E-state index in [1.165, 1.54) is 16.4 Å². The maximum absolute atomic E-state index is 12.9. The molecule has 0 radical (unpaired) electrons. The Morgan fingerprint density at radius 3 is 2.46 bits per heavy atom. The molecule has 1 fully saturated rings. The number of nitrogens with zero attached hydrogens (tertiary/aromatic N) is 1.